The van der Waals surface area contributed by atoms with E-state index in [-0.39, 0.29) is 24.1 Å². The van der Waals surface area contributed by atoms with E-state index in [0.29, 0.717) is 0 Å². The number of nitrogens with one attached hydrogen (secondary N) is 1. The molecule has 1 unspecified atom stereocenters. The van der Waals surface area contributed by atoms with E-state index >= 15 is 0 Å². The van der Waals surface area contributed by atoms with Crippen LogP contribution in [-0.4, -0.2) is 6.17 Å². The van der Waals surface area contributed by atoms with Crippen LogP contribution in [0.15, 0.2) is 30.3 Å². The molecule has 3 N–H and O–H groups in total. The van der Waals surface area contributed by atoms with Crippen molar-refractivity contribution in [2.45, 2.75) is 45.3 Å². The van der Waals surface area contributed by atoms with Gasteiger partial charge in [-0.1, -0.05) is 44.2 Å². The highest BCUT2D eigenvalue weighted by Crippen LogP contribution is 2.28. The minimum Gasteiger partial charge on any atom is -0.316 e. The summed E-state index contributed by atoms with van der Waals surface area (Å²) in [4.78, 5) is 0. The Morgan fingerprint density at radius 2 is 1.69 bits per heavy atom. The molecule has 0 aliphatic rings. The van der Waals surface area contributed by atoms with Gasteiger partial charge in [0.2, 0.25) is 0 Å². The quantitative estimate of drug-likeness (QED) is 0.779. The number of nitrogens with two attached hydrogens (primary N) is 1. The average Bonchev–Trinajstić information content (AvgIpc) is 2.27. The Bertz CT molecular complexity index is 281. The molecule has 0 aliphatic heterocycles. The van der Waals surface area contributed by atoms with Crippen molar-refractivity contribution >= 4 is 12.4 Å². The Morgan fingerprint density at radius 3 is 2.06 bits per heavy atom. The minimum atomic E-state index is 0. The summed E-state index contributed by atoms with van der Waals surface area (Å²) in [5.74, 6) is 0. The van der Waals surface area contributed by atoms with E-state index in [2.05, 4.69) is 43.4 Å². The Kier molecular flexibility index (Phi) is 6.65. The van der Waals surface area contributed by atoms with Gasteiger partial charge in [-0.2, -0.15) is 0 Å². The molecule has 3 heteroatoms. The van der Waals surface area contributed by atoms with Crippen LogP contribution >= 0.6 is 12.4 Å². The summed E-state index contributed by atoms with van der Waals surface area (Å²) >= 11 is 0. The van der Waals surface area contributed by atoms with Crippen molar-refractivity contribution < 1.29 is 0 Å². The van der Waals surface area contributed by atoms with Crippen LogP contribution in [0, 0.1) is 0 Å². The fourth-order valence-electron chi connectivity index (χ4n) is 2.14. The van der Waals surface area contributed by atoms with E-state index < -0.39 is 0 Å². The first-order valence-electron chi connectivity index (χ1n) is 5.73. The molecule has 2 nitrogen and oxygen atoms in total. The lowest BCUT2D eigenvalue weighted by atomic mass is 9.84. The fraction of sp³-hybridized carbons (Fsp3) is 0.538. The maximum Gasteiger partial charge on any atom is 0.0524 e. The van der Waals surface area contributed by atoms with Crippen molar-refractivity contribution in [3.05, 3.63) is 35.9 Å². The van der Waals surface area contributed by atoms with Gasteiger partial charge in [0.05, 0.1) is 6.17 Å². The van der Waals surface area contributed by atoms with E-state index in [4.69, 9.17) is 5.73 Å². The van der Waals surface area contributed by atoms with Crippen molar-refractivity contribution in [1.82, 2.24) is 5.32 Å². The summed E-state index contributed by atoms with van der Waals surface area (Å²) in [6, 6.07) is 10.5. The molecular weight excluding hydrogens is 220 g/mol. The van der Waals surface area contributed by atoms with Gasteiger partial charge in [-0.3, -0.25) is 5.32 Å². The molecule has 0 fully saturated rings. The van der Waals surface area contributed by atoms with Gasteiger partial charge in [-0.25, -0.2) is 0 Å². The molecule has 0 bridgehead atoms. The van der Waals surface area contributed by atoms with Crippen molar-refractivity contribution in [3.8, 4) is 0 Å². The van der Waals surface area contributed by atoms with Gasteiger partial charge in [-0.15, -0.1) is 12.4 Å². The van der Waals surface area contributed by atoms with E-state index in [1.54, 1.807) is 0 Å². The van der Waals surface area contributed by atoms with Crippen LogP contribution in [0.2, 0.25) is 0 Å². The van der Waals surface area contributed by atoms with Crippen LogP contribution < -0.4 is 11.1 Å². The lowest BCUT2D eigenvalue weighted by molar-refractivity contribution is 0.278. The van der Waals surface area contributed by atoms with Gasteiger partial charge in [0.15, 0.2) is 0 Å². The van der Waals surface area contributed by atoms with Crippen molar-refractivity contribution in [2.75, 3.05) is 0 Å². The first-order valence-corrected chi connectivity index (χ1v) is 5.73. The summed E-state index contributed by atoms with van der Waals surface area (Å²) < 4.78 is 0. The predicted octanol–water partition coefficient (Wildman–Crippen LogP) is 3.02. The summed E-state index contributed by atoms with van der Waals surface area (Å²) in [6.07, 6.45) is 2.12. The predicted molar refractivity (Wildman–Crippen MR) is 72.7 cm³/mol. The topological polar surface area (TPSA) is 38.0 Å². The van der Waals surface area contributed by atoms with Gasteiger partial charge in [0, 0.05) is 5.54 Å². The third-order valence-corrected chi connectivity index (χ3v) is 3.04. The van der Waals surface area contributed by atoms with Gasteiger partial charge >= 0.3 is 0 Å². The molecule has 0 aliphatic carbocycles. The third-order valence-electron chi connectivity index (χ3n) is 3.04. The first-order chi connectivity index (χ1) is 7.14. The lowest BCUT2D eigenvalue weighted by Gasteiger charge is -2.35. The van der Waals surface area contributed by atoms with Crippen LogP contribution in [-0.2, 0) is 5.54 Å². The van der Waals surface area contributed by atoms with Crippen LogP contribution in [0.3, 0.4) is 0 Å². The van der Waals surface area contributed by atoms with Gasteiger partial charge in [0.25, 0.3) is 0 Å². The maximum atomic E-state index is 5.86. The molecule has 1 aromatic rings. The highest BCUT2D eigenvalue weighted by Gasteiger charge is 2.28. The van der Waals surface area contributed by atoms with E-state index in [1.165, 1.54) is 5.56 Å². The Labute approximate surface area is 105 Å². The fourth-order valence-corrected chi connectivity index (χ4v) is 2.14. The Balaban J connectivity index is 0.00000225. The van der Waals surface area contributed by atoms with E-state index in [0.717, 1.165) is 12.8 Å². The molecule has 0 saturated heterocycles. The zero-order valence-electron chi connectivity index (χ0n) is 10.4. The molecule has 0 amide bonds. The van der Waals surface area contributed by atoms with Gasteiger partial charge in [0.1, 0.15) is 0 Å². The lowest BCUT2D eigenvalue weighted by Crippen LogP contribution is -2.49. The average molecular weight is 243 g/mol. The molecule has 0 radical (unpaired) electrons. The van der Waals surface area contributed by atoms with Crippen molar-refractivity contribution in [3.63, 3.8) is 0 Å². The second-order valence-electron chi connectivity index (χ2n) is 4.09. The molecule has 1 rings (SSSR count). The third kappa shape index (κ3) is 3.48. The SMILES string of the molecule is CCC(CC)(NC(C)N)c1ccccc1.Cl. The van der Waals surface area contributed by atoms with Crippen molar-refractivity contribution in [2.24, 2.45) is 5.73 Å². The van der Waals surface area contributed by atoms with Crippen LogP contribution in [0.4, 0.5) is 0 Å². The van der Waals surface area contributed by atoms with E-state index in [1.807, 2.05) is 13.0 Å². The molecule has 16 heavy (non-hydrogen) atoms. The monoisotopic (exact) mass is 242 g/mol. The number of rotatable bonds is 5. The maximum absolute atomic E-state index is 5.86. The molecule has 0 saturated carbocycles. The summed E-state index contributed by atoms with van der Waals surface area (Å²) in [5.41, 5.74) is 7.21. The molecule has 1 aromatic carbocycles. The van der Waals surface area contributed by atoms with Crippen LogP contribution in [0.1, 0.15) is 39.2 Å². The molecule has 0 spiro atoms. The number of halogens is 1. The highest BCUT2D eigenvalue weighted by atomic mass is 35.5. The van der Waals surface area contributed by atoms with E-state index in [9.17, 15) is 0 Å². The molecule has 0 heterocycles. The van der Waals surface area contributed by atoms with Gasteiger partial charge < -0.3 is 5.73 Å². The Hall–Kier alpha value is -0.570. The van der Waals surface area contributed by atoms with Gasteiger partial charge in [-0.05, 0) is 25.3 Å². The summed E-state index contributed by atoms with van der Waals surface area (Å²) in [5, 5.41) is 3.49. The number of hydrogen-bond donors (Lipinski definition) is 2. The second-order valence-corrected chi connectivity index (χ2v) is 4.09. The number of hydrogen-bond acceptors (Lipinski definition) is 2. The highest BCUT2D eigenvalue weighted by molar-refractivity contribution is 5.85. The largest absolute Gasteiger partial charge is 0.316 e. The smallest absolute Gasteiger partial charge is 0.0524 e. The molecule has 1 atom stereocenters. The minimum absolute atomic E-state index is 0. The first kappa shape index (κ1) is 15.4. The summed E-state index contributed by atoms with van der Waals surface area (Å²) in [7, 11) is 0. The van der Waals surface area contributed by atoms with Crippen LogP contribution in [0.5, 0.6) is 0 Å². The van der Waals surface area contributed by atoms with Crippen LogP contribution in [0.25, 0.3) is 0 Å². The number of benzene rings is 1. The van der Waals surface area contributed by atoms with Crippen molar-refractivity contribution in [1.29, 1.82) is 0 Å². The zero-order chi connectivity index (χ0) is 11.3. The molecular formula is C13H23ClN2. The molecule has 0 aromatic heterocycles. The second kappa shape index (κ2) is 6.89. The molecule has 92 valence electrons. The summed E-state index contributed by atoms with van der Waals surface area (Å²) in [6.45, 7) is 6.39. The Morgan fingerprint density at radius 1 is 1.19 bits per heavy atom. The zero-order valence-corrected chi connectivity index (χ0v) is 11.2. The standard InChI is InChI=1S/C13H22N2.ClH/c1-4-13(5-2,15-11(3)14)12-9-7-6-8-10-12;/h6-11,15H,4-5,14H2,1-3H3;1H. The normalized spacial score (nSPS) is 13.0.